The van der Waals surface area contributed by atoms with Crippen LogP contribution in [0.15, 0.2) is 18.7 Å². The normalized spacial score (nSPS) is 31.5. The van der Waals surface area contributed by atoms with Crippen molar-refractivity contribution in [2.45, 2.75) is 37.9 Å². The molecule has 0 amide bonds. The molecule has 0 spiro atoms. The van der Waals surface area contributed by atoms with E-state index in [1.165, 1.54) is 6.33 Å². The Bertz CT molecular complexity index is 318. The number of ether oxygens (including phenoxy) is 1. The molecule has 0 bridgehead atoms. The van der Waals surface area contributed by atoms with E-state index in [1.807, 2.05) is 0 Å². The lowest BCUT2D eigenvalue weighted by Gasteiger charge is -2.36. The molecule has 2 atom stereocenters. The molecule has 1 aliphatic heterocycles. The number of hydrogen-bond donors (Lipinski definition) is 1. The van der Waals surface area contributed by atoms with Crippen molar-refractivity contribution in [2.24, 2.45) is 0 Å². The van der Waals surface area contributed by atoms with Gasteiger partial charge < -0.3 is 9.84 Å². The van der Waals surface area contributed by atoms with Crippen LogP contribution in [-0.4, -0.2) is 27.8 Å². The van der Waals surface area contributed by atoms with Gasteiger partial charge in [0.05, 0.1) is 18.3 Å². The highest BCUT2D eigenvalue weighted by atomic mass is 16.5. The van der Waals surface area contributed by atoms with Gasteiger partial charge in [0.25, 0.3) is 0 Å². The van der Waals surface area contributed by atoms with Crippen molar-refractivity contribution in [3.8, 4) is 0 Å². The molecule has 1 aromatic heterocycles. The second-order valence-electron chi connectivity index (χ2n) is 4.01. The summed E-state index contributed by atoms with van der Waals surface area (Å²) in [6, 6.07) is 0. The quantitative estimate of drug-likeness (QED) is 0.794. The van der Waals surface area contributed by atoms with Gasteiger partial charge in [0, 0.05) is 30.8 Å². The maximum Gasteiger partial charge on any atom is 0.115 e. The Kier molecular flexibility index (Phi) is 2.98. The number of aliphatic hydroxyl groups is 1. The van der Waals surface area contributed by atoms with E-state index < -0.39 is 5.60 Å². The largest absolute Gasteiger partial charge is 0.385 e. The highest BCUT2D eigenvalue weighted by Gasteiger charge is 2.36. The Labute approximate surface area is 89.3 Å². The van der Waals surface area contributed by atoms with Crippen molar-refractivity contribution in [2.75, 3.05) is 6.61 Å². The standard InChI is InChI=1S/C11H16N2O2/c1-2-10-5-11(14,3-4-15-10)9-6-12-8-13-7-9/h6-8,10,14H,2-5H2,1H3. The topological polar surface area (TPSA) is 55.2 Å². The minimum Gasteiger partial charge on any atom is -0.385 e. The van der Waals surface area contributed by atoms with Gasteiger partial charge in [0.2, 0.25) is 0 Å². The molecular weight excluding hydrogens is 192 g/mol. The van der Waals surface area contributed by atoms with Crippen LogP contribution >= 0.6 is 0 Å². The highest BCUT2D eigenvalue weighted by molar-refractivity contribution is 5.15. The average Bonchev–Trinajstić information content (AvgIpc) is 2.30. The first kappa shape index (κ1) is 10.5. The van der Waals surface area contributed by atoms with Crippen molar-refractivity contribution in [3.05, 3.63) is 24.3 Å². The molecule has 15 heavy (non-hydrogen) atoms. The summed E-state index contributed by atoms with van der Waals surface area (Å²) in [7, 11) is 0. The van der Waals surface area contributed by atoms with Crippen molar-refractivity contribution in [3.63, 3.8) is 0 Å². The first-order valence-electron chi connectivity index (χ1n) is 5.34. The van der Waals surface area contributed by atoms with Crippen molar-refractivity contribution >= 4 is 0 Å². The van der Waals surface area contributed by atoms with E-state index in [0.717, 1.165) is 12.0 Å². The first-order valence-corrected chi connectivity index (χ1v) is 5.34. The lowest BCUT2D eigenvalue weighted by atomic mass is 9.84. The molecule has 1 aliphatic rings. The molecule has 82 valence electrons. The fourth-order valence-electron chi connectivity index (χ4n) is 2.00. The zero-order valence-electron chi connectivity index (χ0n) is 8.89. The third-order valence-corrected chi connectivity index (χ3v) is 2.99. The van der Waals surface area contributed by atoms with Crippen LogP contribution in [0.4, 0.5) is 0 Å². The van der Waals surface area contributed by atoms with Gasteiger partial charge >= 0.3 is 0 Å². The lowest BCUT2D eigenvalue weighted by molar-refractivity contribution is -0.108. The van der Waals surface area contributed by atoms with Gasteiger partial charge in [0.15, 0.2) is 0 Å². The Morgan fingerprint density at radius 3 is 2.93 bits per heavy atom. The predicted octanol–water partition coefficient (Wildman–Crippen LogP) is 1.25. The number of aromatic nitrogens is 2. The first-order chi connectivity index (χ1) is 7.24. The van der Waals surface area contributed by atoms with Crippen LogP contribution in [0.1, 0.15) is 31.7 Å². The molecule has 2 unspecified atom stereocenters. The second kappa shape index (κ2) is 4.24. The minimum atomic E-state index is -0.805. The molecule has 1 saturated heterocycles. The Morgan fingerprint density at radius 2 is 2.27 bits per heavy atom. The molecule has 0 radical (unpaired) electrons. The summed E-state index contributed by atoms with van der Waals surface area (Å²) >= 11 is 0. The van der Waals surface area contributed by atoms with Crippen LogP contribution in [0.2, 0.25) is 0 Å². The Morgan fingerprint density at radius 1 is 1.53 bits per heavy atom. The molecule has 0 aromatic carbocycles. The summed E-state index contributed by atoms with van der Waals surface area (Å²) in [5.74, 6) is 0. The van der Waals surface area contributed by atoms with E-state index in [9.17, 15) is 5.11 Å². The van der Waals surface area contributed by atoms with Crippen molar-refractivity contribution < 1.29 is 9.84 Å². The van der Waals surface area contributed by atoms with Crippen LogP contribution in [0, 0.1) is 0 Å². The van der Waals surface area contributed by atoms with Gasteiger partial charge in [-0.2, -0.15) is 0 Å². The summed E-state index contributed by atoms with van der Waals surface area (Å²) < 4.78 is 5.54. The van der Waals surface area contributed by atoms with Crippen LogP contribution < -0.4 is 0 Å². The predicted molar refractivity (Wildman–Crippen MR) is 55.2 cm³/mol. The number of hydrogen-bond acceptors (Lipinski definition) is 4. The van der Waals surface area contributed by atoms with E-state index in [-0.39, 0.29) is 6.10 Å². The van der Waals surface area contributed by atoms with Crippen LogP contribution in [0.3, 0.4) is 0 Å². The zero-order chi connectivity index (χ0) is 10.7. The summed E-state index contributed by atoms with van der Waals surface area (Å²) in [6.45, 7) is 2.67. The van der Waals surface area contributed by atoms with Crippen molar-refractivity contribution in [1.29, 1.82) is 0 Å². The lowest BCUT2D eigenvalue weighted by Crippen LogP contribution is -2.38. The summed E-state index contributed by atoms with van der Waals surface area (Å²) in [6.07, 6.45) is 7.17. The zero-order valence-corrected chi connectivity index (χ0v) is 8.89. The number of rotatable bonds is 2. The van der Waals surface area contributed by atoms with Gasteiger partial charge in [-0.05, 0) is 6.42 Å². The molecule has 0 saturated carbocycles. The molecule has 0 aliphatic carbocycles. The Balaban J connectivity index is 2.19. The fraction of sp³-hybridized carbons (Fsp3) is 0.636. The van der Waals surface area contributed by atoms with E-state index in [2.05, 4.69) is 16.9 Å². The third kappa shape index (κ3) is 2.16. The van der Waals surface area contributed by atoms with Crippen LogP contribution in [-0.2, 0) is 10.3 Å². The molecular formula is C11H16N2O2. The van der Waals surface area contributed by atoms with E-state index >= 15 is 0 Å². The number of nitrogens with zero attached hydrogens (tertiary/aromatic N) is 2. The SMILES string of the molecule is CCC1CC(O)(c2cncnc2)CCO1. The van der Waals surface area contributed by atoms with Crippen LogP contribution in [0.5, 0.6) is 0 Å². The minimum absolute atomic E-state index is 0.143. The second-order valence-corrected chi connectivity index (χ2v) is 4.01. The molecule has 1 N–H and O–H groups in total. The van der Waals surface area contributed by atoms with Gasteiger partial charge in [-0.1, -0.05) is 6.92 Å². The van der Waals surface area contributed by atoms with Gasteiger partial charge in [0.1, 0.15) is 6.33 Å². The maximum absolute atomic E-state index is 10.5. The van der Waals surface area contributed by atoms with E-state index in [4.69, 9.17) is 4.74 Å². The smallest absolute Gasteiger partial charge is 0.115 e. The van der Waals surface area contributed by atoms with Gasteiger partial charge in [-0.15, -0.1) is 0 Å². The molecule has 2 rings (SSSR count). The summed E-state index contributed by atoms with van der Waals surface area (Å²) in [5.41, 5.74) is -0.00745. The molecule has 2 heterocycles. The molecule has 1 aromatic rings. The van der Waals surface area contributed by atoms with Crippen molar-refractivity contribution in [1.82, 2.24) is 9.97 Å². The van der Waals surface area contributed by atoms with E-state index in [0.29, 0.717) is 19.4 Å². The third-order valence-electron chi connectivity index (χ3n) is 2.99. The molecule has 4 heteroatoms. The molecule has 1 fully saturated rings. The highest BCUT2D eigenvalue weighted by Crippen LogP contribution is 2.34. The maximum atomic E-state index is 10.5. The van der Waals surface area contributed by atoms with E-state index in [1.54, 1.807) is 12.4 Å². The fourth-order valence-corrected chi connectivity index (χ4v) is 2.00. The molecule has 4 nitrogen and oxygen atoms in total. The summed E-state index contributed by atoms with van der Waals surface area (Å²) in [4.78, 5) is 7.89. The van der Waals surface area contributed by atoms with Gasteiger partial charge in [-0.3, -0.25) is 0 Å². The Hall–Kier alpha value is -1.00. The van der Waals surface area contributed by atoms with Gasteiger partial charge in [-0.25, -0.2) is 9.97 Å². The monoisotopic (exact) mass is 208 g/mol. The van der Waals surface area contributed by atoms with Crippen LogP contribution in [0.25, 0.3) is 0 Å². The average molecular weight is 208 g/mol. The summed E-state index contributed by atoms with van der Waals surface area (Å²) in [5, 5.41) is 10.5.